The van der Waals surface area contributed by atoms with E-state index in [-0.39, 0.29) is 17.2 Å². The molecule has 0 aromatic heterocycles. The molecule has 7 heteroatoms. The van der Waals surface area contributed by atoms with Gasteiger partial charge in [0.15, 0.2) is 6.10 Å². The second kappa shape index (κ2) is 10.8. The number of rotatable bonds is 8. The Morgan fingerprint density at radius 3 is 1.85 bits per heavy atom. The van der Waals surface area contributed by atoms with Gasteiger partial charge in [-0.15, -0.1) is 0 Å². The summed E-state index contributed by atoms with van der Waals surface area (Å²) in [6, 6.07) is 20.8. The molecular formula is C27H36O6Si. The number of ether oxygens (including phenoxy) is 3. The average molecular weight is 485 g/mol. The van der Waals surface area contributed by atoms with Gasteiger partial charge in [-0.1, -0.05) is 88.4 Å². The number of benzene rings is 2. The molecule has 1 fully saturated rings. The quantitative estimate of drug-likeness (QED) is 0.417. The molecule has 1 aliphatic heterocycles. The molecule has 4 atom stereocenters. The van der Waals surface area contributed by atoms with Crippen LogP contribution in [0.3, 0.4) is 0 Å². The van der Waals surface area contributed by atoms with Crippen molar-refractivity contribution in [1.29, 1.82) is 0 Å². The lowest BCUT2D eigenvalue weighted by molar-refractivity contribution is -0.198. The smallest absolute Gasteiger partial charge is 0.305 e. The third-order valence-electron chi connectivity index (χ3n) is 6.24. The van der Waals surface area contributed by atoms with Crippen LogP contribution in [-0.4, -0.2) is 44.9 Å². The molecule has 2 aromatic rings. The molecule has 1 heterocycles. The van der Waals surface area contributed by atoms with E-state index in [1.807, 2.05) is 12.1 Å². The molecule has 0 bridgehead atoms. The first-order valence-electron chi connectivity index (χ1n) is 11.9. The van der Waals surface area contributed by atoms with Crippen molar-refractivity contribution in [2.75, 3.05) is 0 Å². The van der Waals surface area contributed by atoms with Crippen LogP contribution in [0.25, 0.3) is 0 Å². The highest BCUT2D eigenvalue weighted by Gasteiger charge is 2.53. The van der Waals surface area contributed by atoms with Crippen LogP contribution in [0, 0.1) is 0 Å². The van der Waals surface area contributed by atoms with Crippen molar-refractivity contribution in [1.82, 2.24) is 0 Å². The fourth-order valence-corrected chi connectivity index (χ4v) is 9.61. The van der Waals surface area contributed by atoms with Crippen molar-refractivity contribution in [2.45, 2.75) is 84.0 Å². The number of carbonyl (C=O) groups excluding carboxylic acids is 2. The van der Waals surface area contributed by atoms with E-state index >= 15 is 0 Å². The third kappa shape index (κ3) is 5.59. The fourth-order valence-electron chi connectivity index (χ4n) is 4.82. The Bertz CT molecular complexity index is 893. The van der Waals surface area contributed by atoms with Crippen LogP contribution in [0.1, 0.15) is 54.4 Å². The zero-order chi connectivity index (χ0) is 24.9. The van der Waals surface area contributed by atoms with Crippen LogP contribution in [-0.2, 0) is 28.2 Å². The predicted molar refractivity (Wildman–Crippen MR) is 133 cm³/mol. The van der Waals surface area contributed by atoms with Crippen LogP contribution >= 0.6 is 0 Å². The topological polar surface area (TPSA) is 71.1 Å². The van der Waals surface area contributed by atoms with Gasteiger partial charge in [-0.25, -0.2) is 0 Å². The SMILES string of the molecule is CCC(O[Si](c1ccccc1)(c1ccccc1)C(C)(C)C)[C@@H]1C[C@@H](OC(C)=O)[C@@H](OC(C)=O)O1. The zero-order valence-electron chi connectivity index (χ0n) is 20.9. The van der Waals surface area contributed by atoms with Crippen molar-refractivity contribution in [3.8, 4) is 0 Å². The van der Waals surface area contributed by atoms with Crippen molar-refractivity contribution < 1.29 is 28.2 Å². The number of esters is 2. The summed E-state index contributed by atoms with van der Waals surface area (Å²) in [7, 11) is -2.80. The summed E-state index contributed by atoms with van der Waals surface area (Å²) in [5.74, 6) is -0.920. The lowest BCUT2D eigenvalue weighted by Gasteiger charge is -2.46. The Morgan fingerprint density at radius 2 is 1.44 bits per heavy atom. The summed E-state index contributed by atoms with van der Waals surface area (Å²) in [6.07, 6.45) is -1.19. The van der Waals surface area contributed by atoms with E-state index in [2.05, 4.69) is 76.2 Å². The van der Waals surface area contributed by atoms with Gasteiger partial charge in [0, 0.05) is 20.3 Å². The monoisotopic (exact) mass is 484 g/mol. The van der Waals surface area contributed by atoms with Gasteiger partial charge in [0.2, 0.25) is 6.29 Å². The van der Waals surface area contributed by atoms with E-state index < -0.39 is 32.6 Å². The van der Waals surface area contributed by atoms with Gasteiger partial charge in [0.05, 0.1) is 12.2 Å². The first-order valence-corrected chi connectivity index (χ1v) is 13.8. The number of hydrogen-bond acceptors (Lipinski definition) is 6. The minimum Gasteiger partial charge on any atom is -0.456 e. The fraction of sp³-hybridized carbons (Fsp3) is 0.481. The normalized spacial score (nSPS) is 21.6. The third-order valence-corrected chi connectivity index (χ3v) is 11.3. The number of hydrogen-bond donors (Lipinski definition) is 0. The molecular weight excluding hydrogens is 448 g/mol. The largest absolute Gasteiger partial charge is 0.456 e. The van der Waals surface area contributed by atoms with Crippen LogP contribution < -0.4 is 10.4 Å². The van der Waals surface area contributed by atoms with Crippen LogP contribution in [0.15, 0.2) is 60.7 Å². The van der Waals surface area contributed by atoms with E-state index in [0.717, 1.165) is 0 Å². The molecule has 0 saturated carbocycles. The standard InChI is InChI=1S/C27H36O6Si/c1-7-23(24-18-25(30-19(2)28)26(32-24)31-20(3)29)33-34(27(4,5)6,21-14-10-8-11-15-21)22-16-12-9-13-17-22/h8-17,23-26H,7,18H2,1-6H3/t23?,24-,25+,26-/m0/s1. The Kier molecular flexibility index (Phi) is 8.33. The van der Waals surface area contributed by atoms with Crippen molar-refractivity contribution in [3.63, 3.8) is 0 Å². The maximum absolute atomic E-state index is 11.7. The number of carbonyl (C=O) groups is 2. The Balaban J connectivity index is 2.03. The highest BCUT2D eigenvalue weighted by Crippen LogP contribution is 2.40. The van der Waals surface area contributed by atoms with Gasteiger partial charge in [0.25, 0.3) is 8.32 Å². The molecule has 0 N–H and O–H groups in total. The molecule has 34 heavy (non-hydrogen) atoms. The van der Waals surface area contributed by atoms with Gasteiger partial charge in [-0.05, 0) is 21.8 Å². The molecule has 2 aromatic carbocycles. The van der Waals surface area contributed by atoms with E-state index in [9.17, 15) is 9.59 Å². The summed E-state index contributed by atoms with van der Waals surface area (Å²) >= 11 is 0. The molecule has 184 valence electrons. The second-order valence-electron chi connectivity index (χ2n) is 9.76. The Hall–Kier alpha value is -2.48. The van der Waals surface area contributed by atoms with Gasteiger partial charge in [0.1, 0.15) is 0 Å². The average Bonchev–Trinajstić information content (AvgIpc) is 3.15. The summed E-state index contributed by atoms with van der Waals surface area (Å²) in [5.41, 5.74) is 0. The summed E-state index contributed by atoms with van der Waals surface area (Å²) in [5, 5.41) is 2.17. The van der Waals surface area contributed by atoms with Gasteiger partial charge >= 0.3 is 11.9 Å². The first-order chi connectivity index (χ1) is 16.1. The van der Waals surface area contributed by atoms with Crippen LogP contribution in [0.2, 0.25) is 5.04 Å². The molecule has 0 radical (unpaired) electrons. The maximum Gasteiger partial charge on any atom is 0.305 e. The minimum atomic E-state index is -2.80. The molecule has 1 saturated heterocycles. The summed E-state index contributed by atoms with van der Waals surface area (Å²) < 4.78 is 24.2. The maximum atomic E-state index is 11.7. The molecule has 0 aliphatic carbocycles. The molecule has 6 nitrogen and oxygen atoms in total. The lowest BCUT2D eigenvalue weighted by atomic mass is 10.1. The van der Waals surface area contributed by atoms with Crippen molar-refractivity contribution in [3.05, 3.63) is 60.7 Å². The molecule has 0 amide bonds. The Labute approximate surface area is 203 Å². The van der Waals surface area contributed by atoms with Crippen LogP contribution in [0.5, 0.6) is 0 Å². The zero-order valence-corrected chi connectivity index (χ0v) is 21.9. The molecule has 0 spiro atoms. The molecule has 1 aliphatic rings. The van der Waals surface area contributed by atoms with E-state index in [1.54, 1.807) is 0 Å². The first kappa shape index (κ1) is 26.1. The highest BCUT2D eigenvalue weighted by molar-refractivity contribution is 6.99. The van der Waals surface area contributed by atoms with E-state index in [1.165, 1.54) is 24.2 Å². The van der Waals surface area contributed by atoms with Gasteiger partial charge in [-0.3, -0.25) is 9.59 Å². The second-order valence-corrected chi connectivity index (χ2v) is 14.0. The molecule has 3 rings (SSSR count). The summed E-state index contributed by atoms with van der Waals surface area (Å²) in [4.78, 5) is 23.3. The predicted octanol–water partition coefficient (Wildman–Crippen LogP) is 3.95. The van der Waals surface area contributed by atoms with Crippen LogP contribution in [0.4, 0.5) is 0 Å². The van der Waals surface area contributed by atoms with E-state index in [4.69, 9.17) is 18.6 Å². The van der Waals surface area contributed by atoms with Crippen molar-refractivity contribution >= 4 is 30.6 Å². The lowest BCUT2D eigenvalue weighted by Crippen LogP contribution is -2.68. The summed E-state index contributed by atoms with van der Waals surface area (Å²) in [6.45, 7) is 11.4. The van der Waals surface area contributed by atoms with Gasteiger partial charge in [-0.2, -0.15) is 0 Å². The molecule has 1 unspecified atom stereocenters. The minimum absolute atomic E-state index is 0.188. The van der Waals surface area contributed by atoms with Gasteiger partial charge < -0.3 is 18.6 Å². The Morgan fingerprint density at radius 1 is 0.941 bits per heavy atom. The van der Waals surface area contributed by atoms with E-state index in [0.29, 0.717) is 12.8 Å². The highest BCUT2D eigenvalue weighted by atomic mass is 28.4. The van der Waals surface area contributed by atoms with Crippen molar-refractivity contribution in [2.24, 2.45) is 0 Å².